The van der Waals surface area contributed by atoms with Crippen LogP contribution in [0.25, 0.3) is 0 Å². The first-order chi connectivity index (χ1) is 10.5. The number of hydrogen-bond donors (Lipinski definition) is 2. The van der Waals surface area contributed by atoms with Crippen molar-refractivity contribution in [2.24, 2.45) is 0 Å². The molecule has 2 N–H and O–H groups in total. The maximum absolute atomic E-state index is 12.3. The average molecular weight is 337 g/mol. The van der Waals surface area contributed by atoms with E-state index >= 15 is 0 Å². The molecular formula is C15H13ClN2O3S. The smallest absolute Gasteiger partial charge is 0.262 e. The summed E-state index contributed by atoms with van der Waals surface area (Å²) in [4.78, 5) is 24.5. The molecular weight excluding hydrogens is 324 g/mol. The van der Waals surface area contributed by atoms with Gasteiger partial charge in [-0.15, -0.1) is 11.3 Å². The zero-order valence-electron chi connectivity index (χ0n) is 11.7. The van der Waals surface area contributed by atoms with Crippen molar-refractivity contribution in [1.29, 1.82) is 0 Å². The average Bonchev–Trinajstić information content (AvgIpc) is 2.93. The van der Waals surface area contributed by atoms with E-state index in [0.717, 1.165) is 4.88 Å². The molecule has 1 aromatic heterocycles. The molecule has 1 atom stereocenters. The lowest BCUT2D eigenvalue weighted by Gasteiger charge is -2.19. The molecule has 0 bridgehead atoms. The zero-order valence-corrected chi connectivity index (χ0v) is 13.3. The number of halogens is 1. The van der Waals surface area contributed by atoms with Crippen LogP contribution in [-0.4, -0.2) is 18.4 Å². The summed E-state index contributed by atoms with van der Waals surface area (Å²) < 4.78 is 6.00. The molecule has 3 rings (SSSR count). The van der Waals surface area contributed by atoms with Gasteiger partial charge in [-0.1, -0.05) is 11.6 Å². The highest BCUT2D eigenvalue weighted by atomic mass is 35.5. The summed E-state index contributed by atoms with van der Waals surface area (Å²) in [5, 5.41) is 5.60. The molecule has 2 aromatic rings. The quantitative estimate of drug-likeness (QED) is 0.904. The molecule has 1 aromatic carbocycles. The fourth-order valence-corrected chi connectivity index (χ4v) is 3.19. The Hall–Kier alpha value is -2.05. The van der Waals surface area contributed by atoms with E-state index in [1.165, 1.54) is 11.3 Å². The van der Waals surface area contributed by atoms with Gasteiger partial charge in [0.25, 0.3) is 11.8 Å². The Kier molecular flexibility index (Phi) is 4.04. The number of fused-ring (bicyclic) bond motifs is 1. The molecule has 1 aliphatic rings. The summed E-state index contributed by atoms with van der Waals surface area (Å²) in [6.07, 6.45) is 0. The third kappa shape index (κ3) is 3.08. The van der Waals surface area contributed by atoms with E-state index in [9.17, 15) is 9.59 Å². The van der Waals surface area contributed by atoms with Crippen LogP contribution in [0.3, 0.4) is 0 Å². The standard InChI is InChI=1S/C15H13ClN2O3S/c1-8(12-4-5-13(16)22-12)17-15(20)9-2-3-10-11(6-9)21-7-14(19)18-10/h2-6,8H,7H2,1H3,(H,17,20)(H,18,19). The van der Waals surface area contributed by atoms with E-state index < -0.39 is 0 Å². The molecule has 5 nitrogen and oxygen atoms in total. The highest BCUT2D eigenvalue weighted by Crippen LogP contribution is 2.29. The lowest BCUT2D eigenvalue weighted by atomic mass is 10.1. The number of carbonyl (C=O) groups excluding carboxylic acids is 2. The van der Waals surface area contributed by atoms with Crippen LogP contribution in [0.2, 0.25) is 4.34 Å². The fourth-order valence-electron chi connectivity index (χ4n) is 2.13. The second kappa shape index (κ2) is 5.98. The zero-order chi connectivity index (χ0) is 15.7. The van der Waals surface area contributed by atoms with Gasteiger partial charge < -0.3 is 15.4 Å². The number of nitrogens with one attached hydrogen (secondary N) is 2. The van der Waals surface area contributed by atoms with Crippen LogP contribution in [0.1, 0.15) is 28.2 Å². The predicted molar refractivity (Wildman–Crippen MR) is 85.8 cm³/mol. The first-order valence-electron chi connectivity index (χ1n) is 6.66. The van der Waals surface area contributed by atoms with Crippen molar-refractivity contribution in [3.63, 3.8) is 0 Å². The molecule has 0 saturated heterocycles. The first kappa shape index (κ1) is 14.9. The van der Waals surface area contributed by atoms with Crippen molar-refractivity contribution in [3.05, 3.63) is 45.1 Å². The number of thiophene rings is 1. The molecule has 1 unspecified atom stereocenters. The van der Waals surface area contributed by atoms with Crippen LogP contribution in [0, 0.1) is 0 Å². The lowest BCUT2D eigenvalue weighted by Crippen LogP contribution is -2.28. The van der Waals surface area contributed by atoms with Gasteiger partial charge in [0.05, 0.1) is 16.1 Å². The minimum absolute atomic E-state index is 0.0395. The van der Waals surface area contributed by atoms with Crippen molar-refractivity contribution < 1.29 is 14.3 Å². The van der Waals surface area contributed by atoms with E-state index in [2.05, 4.69) is 10.6 Å². The Balaban J connectivity index is 1.74. The Morgan fingerprint density at radius 3 is 2.95 bits per heavy atom. The molecule has 0 saturated carbocycles. The molecule has 7 heteroatoms. The maximum atomic E-state index is 12.3. The Morgan fingerprint density at radius 1 is 1.41 bits per heavy atom. The molecule has 22 heavy (non-hydrogen) atoms. The SMILES string of the molecule is CC(NC(=O)c1ccc2c(c1)OCC(=O)N2)c1ccc(Cl)s1. The van der Waals surface area contributed by atoms with E-state index in [1.54, 1.807) is 24.3 Å². The second-order valence-corrected chi connectivity index (χ2v) is 6.63. The topological polar surface area (TPSA) is 67.4 Å². The Bertz CT molecular complexity index is 744. The lowest BCUT2D eigenvalue weighted by molar-refractivity contribution is -0.118. The first-order valence-corrected chi connectivity index (χ1v) is 7.85. The number of rotatable bonds is 3. The van der Waals surface area contributed by atoms with Crippen LogP contribution >= 0.6 is 22.9 Å². The molecule has 0 fully saturated rings. The van der Waals surface area contributed by atoms with E-state index in [0.29, 0.717) is 21.3 Å². The fraction of sp³-hybridized carbons (Fsp3) is 0.200. The molecule has 2 amide bonds. The number of ether oxygens (including phenoxy) is 1. The van der Waals surface area contributed by atoms with E-state index in [4.69, 9.17) is 16.3 Å². The van der Waals surface area contributed by atoms with Crippen LogP contribution in [0.15, 0.2) is 30.3 Å². The Labute approximate surface area is 136 Å². The van der Waals surface area contributed by atoms with Crippen LogP contribution in [0.4, 0.5) is 5.69 Å². The third-order valence-corrected chi connectivity index (χ3v) is 4.66. The van der Waals surface area contributed by atoms with Crippen molar-refractivity contribution >= 4 is 40.4 Å². The number of carbonyl (C=O) groups is 2. The van der Waals surface area contributed by atoms with Crippen molar-refractivity contribution in [2.75, 3.05) is 11.9 Å². The number of benzene rings is 1. The second-order valence-electron chi connectivity index (χ2n) is 4.88. The summed E-state index contributed by atoms with van der Waals surface area (Å²) in [7, 11) is 0. The summed E-state index contributed by atoms with van der Waals surface area (Å²) >= 11 is 7.34. The number of amides is 2. The van der Waals surface area contributed by atoms with Crippen molar-refractivity contribution in [1.82, 2.24) is 5.32 Å². The van der Waals surface area contributed by atoms with Gasteiger partial charge in [-0.05, 0) is 37.3 Å². The largest absolute Gasteiger partial charge is 0.482 e. The van der Waals surface area contributed by atoms with E-state index in [1.807, 2.05) is 13.0 Å². The molecule has 114 valence electrons. The monoisotopic (exact) mass is 336 g/mol. The molecule has 0 aliphatic carbocycles. The van der Waals surface area contributed by atoms with Crippen molar-refractivity contribution in [3.8, 4) is 5.75 Å². The number of anilines is 1. The van der Waals surface area contributed by atoms with Gasteiger partial charge in [-0.2, -0.15) is 0 Å². The Morgan fingerprint density at radius 2 is 2.23 bits per heavy atom. The third-order valence-electron chi connectivity index (χ3n) is 3.25. The van der Waals surface area contributed by atoms with Gasteiger partial charge in [-0.3, -0.25) is 9.59 Å². The summed E-state index contributed by atoms with van der Waals surface area (Å²) in [6.45, 7) is 1.86. The highest BCUT2D eigenvalue weighted by molar-refractivity contribution is 7.16. The normalized spacial score (nSPS) is 14.5. The van der Waals surface area contributed by atoms with E-state index in [-0.39, 0.29) is 24.5 Å². The molecule has 0 spiro atoms. The van der Waals surface area contributed by atoms with Gasteiger partial charge in [0, 0.05) is 10.4 Å². The molecule has 1 aliphatic heterocycles. The van der Waals surface area contributed by atoms with Crippen LogP contribution in [0.5, 0.6) is 5.75 Å². The minimum Gasteiger partial charge on any atom is -0.482 e. The highest BCUT2D eigenvalue weighted by Gasteiger charge is 2.19. The number of hydrogen-bond acceptors (Lipinski definition) is 4. The summed E-state index contributed by atoms with van der Waals surface area (Å²) in [5.74, 6) is 0.0901. The van der Waals surface area contributed by atoms with Gasteiger partial charge in [0.2, 0.25) is 0 Å². The van der Waals surface area contributed by atoms with Gasteiger partial charge in [0.15, 0.2) is 6.61 Å². The van der Waals surface area contributed by atoms with Crippen LogP contribution < -0.4 is 15.4 Å². The van der Waals surface area contributed by atoms with Crippen molar-refractivity contribution in [2.45, 2.75) is 13.0 Å². The summed E-state index contributed by atoms with van der Waals surface area (Å²) in [6, 6.07) is 8.49. The molecule has 0 radical (unpaired) electrons. The van der Waals surface area contributed by atoms with Gasteiger partial charge >= 0.3 is 0 Å². The molecule has 2 heterocycles. The van der Waals surface area contributed by atoms with Gasteiger partial charge in [-0.25, -0.2) is 0 Å². The maximum Gasteiger partial charge on any atom is 0.262 e. The summed E-state index contributed by atoms with van der Waals surface area (Å²) in [5.41, 5.74) is 1.05. The van der Waals surface area contributed by atoms with Gasteiger partial charge in [0.1, 0.15) is 5.75 Å². The predicted octanol–water partition coefficient (Wildman–Crippen LogP) is 3.22. The van der Waals surface area contributed by atoms with Crippen LogP contribution in [-0.2, 0) is 4.79 Å². The minimum atomic E-state index is -0.208.